The zero-order valence-corrected chi connectivity index (χ0v) is 17.2. The van der Waals surface area contributed by atoms with Gasteiger partial charge in [-0.1, -0.05) is 26.8 Å². The average Bonchev–Trinajstić information content (AvgIpc) is 3.08. The van der Waals surface area contributed by atoms with Crippen molar-refractivity contribution in [2.45, 2.75) is 33.6 Å². The van der Waals surface area contributed by atoms with Gasteiger partial charge in [-0.15, -0.1) is 0 Å². The van der Waals surface area contributed by atoms with Crippen molar-refractivity contribution in [2.24, 2.45) is 5.41 Å². The summed E-state index contributed by atoms with van der Waals surface area (Å²) in [5, 5.41) is 2.99. The molecule has 30 heavy (non-hydrogen) atoms. The minimum atomic E-state index is -0.734. The minimum Gasteiger partial charge on any atom is -0.465 e. The van der Waals surface area contributed by atoms with Crippen molar-refractivity contribution in [3.05, 3.63) is 57.3 Å². The Morgan fingerprint density at radius 3 is 2.60 bits per heavy atom. The number of hydrogen-bond donors (Lipinski definition) is 3. The number of aromatic nitrogens is 3. The highest BCUT2D eigenvalue weighted by Crippen LogP contribution is 2.19. The first-order chi connectivity index (χ1) is 14.1. The van der Waals surface area contributed by atoms with E-state index in [1.54, 1.807) is 33.0 Å². The van der Waals surface area contributed by atoms with Gasteiger partial charge >= 0.3 is 5.97 Å². The van der Waals surface area contributed by atoms with E-state index in [-0.39, 0.29) is 23.0 Å². The standard InChI is InChI=1S/C21H23FN4O4/c1-21(2,3)19(29)26-20-24-16-15(17(27)25-20)12(10-23-16)7-5-11-6-8-13(14(22)9-11)18(28)30-4/h6,8-10H,5,7H2,1-4H3,(H3,23,24,25,26,27,29). The van der Waals surface area contributed by atoms with Crippen LogP contribution in [0.4, 0.5) is 10.3 Å². The van der Waals surface area contributed by atoms with Gasteiger partial charge in [-0.25, -0.2) is 9.18 Å². The number of aromatic amines is 2. The van der Waals surface area contributed by atoms with Gasteiger partial charge in [0.05, 0.1) is 18.1 Å². The van der Waals surface area contributed by atoms with Crippen molar-refractivity contribution >= 4 is 28.9 Å². The fourth-order valence-corrected chi connectivity index (χ4v) is 2.92. The topological polar surface area (TPSA) is 117 Å². The molecule has 0 saturated heterocycles. The third-order valence-corrected chi connectivity index (χ3v) is 4.66. The number of nitrogens with one attached hydrogen (secondary N) is 3. The number of benzene rings is 1. The number of carbonyl (C=O) groups excluding carboxylic acids is 2. The van der Waals surface area contributed by atoms with E-state index in [4.69, 9.17) is 0 Å². The second-order valence-electron chi connectivity index (χ2n) is 7.96. The Morgan fingerprint density at radius 1 is 1.23 bits per heavy atom. The molecule has 0 radical (unpaired) electrons. The van der Waals surface area contributed by atoms with Crippen LogP contribution in [-0.2, 0) is 22.4 Å². The maximum atomic E-state index is 14.1. The van der Waals surface area contributed by atoms with Crippen LogP contribution in [0, 0.1) is 11.2 Å². The number of fused-ring (bicyclic) bond motifs is 1. The van der Waals surface area contributed by atoms with E-state index in [0.29, 0.717) is 35.0 Å². The number of nitrogens with zero attached hydrogens (tertiary/aromatic N) is 1. The van der Waals surface area contributed by atoms with Crippen LogP contribution < -0.4 is 10.9 Å². The van der Waals surface area contributed by atoms with Gasteiger partial charge in [0.25, 0.3) is 5.56 Å². The average molecular weight is 414 g/mol. The fourth-order valence-electron chi connectivity index (χ4n) is 2.92. The molecule has 0 fully saturated rings. The number of methoxy groups -OCH3 is 1. The summed E-state index contributed by atoms with van der Waals surface area (Å²) in [4.78, 5) is 45.9. The van der Waals surface area contributed by atoms with Crippen LogP contribution in [0.25, 0.3) is 11.0 Å². The summed E-state index contributed by atoms with van der Waals surface area (Å²) in [6, 6.07) is 4.31. The molecular formula is C21H23FN4O4. The molecule has 0 unspecified atom stereocenters. The van der Waals surface area contributed by atoms with Crippen LogP contribution >= 0.6 is 0 Å². The number of carbonyl (C=O) groups is 2. The van der Waals surface area contributed by atoms with Crippen molar-refractivity contribution in [3.8, 4) is 0 Å². The van der Waals surface area contributed by atoms with Crippen LogP contribution in [-0.4, -0.2) is 33.9 Å². The van der Waals surface area contributed by atoms with E-state index in [0.717, 1.165) is 0 Å². The van der Waals surface area contributed by atoms with Crippen LogP contribution in [0.1, 0.15) is 42.3 Å². The number of hydrogen-bond acceptors (Lipinski definition) is 5. The largest absolute Gasteiger partial charge is 0.465 e. The van der Waals surface area contributed by atoms with Crippen molar-refractivity contribution in [1.29, 1.82) is 0 Å². The summed E-state index contributed by atoms with van der Waals surface area (Å²) in [5.41, 5.74) is 0.599. The van der Waals surface area contributed by atoms with Gasteiger partial charge in [0.15, 0.2) is 0 Å². The highest BCUT2D eigenvalue weighted by Gasteiger charge is 2.22. The molecule has 3 aromatic rings. The Kier molecular flexibility index (Phi) is 5.73. The smallest absolute Gasteiger partial charge is 0.340 e. The van der Waals surface area contributed by atoms with Crippen LogP contribution in [0.2, 0.25) is 0 Å². The molecule has 0 aliphatic heterocycles. The van der Waals surface area contributed by atoms with Crippen molar-refractivity contribution in [3.63, 3.8) is 0 Å². The monoisotopic (exact) mass is 414 g/mol. The number of aryl methyl sites for hydroxylation is 2. The van der Waals surface area contributed by atoms with E-state index in [1.807, 2.05) is 0 Å². The van der Waals surface area contributed by atoms with Gasteiger partial charge < -0.3 is 9.72 Å². The quantitative estimate of drug-likeness (QED) is 0.555. The Balaban J connectivity index is 1.79. The van der Waals surface area contributed by atoms with Crippen LogP contribution in [0.3, 0.4) is 0 Å². The molecule has 2 aromatic heterocycles. The van der Waals surface area contributed by atoms with Crippen LogP contribution in [0.5, 0.6) is 0 Å². The minimum absolute atomic E-state index is 0.0706. The Labute approximate surface area is 171 Å². The first-order valence-corrected chi connectivity index (χ1v) is 9.38. The zero-order chi connectivity index (χ0) is 22.1. The molecule has 3 rings (SSSR count). The first-order valence-electron chi connectivity index (χ1n) is 9.38. The molecule has 3 N–H and O–H groups in total. The number of ether oxygens (including phenoxy) is 1. The first kappa shape index (κ1) is 21.2. The Hall–Kier alpha value is -3.49. The number of H-pyrrole nitrogens is 2. The molecule has 0 aliphatic rings. The van der Waals surface area contributed by atoms with E-state index in [9.17, 15) is 18.8 Å². The lowest BCUT2D eigenvalue weighted by Gasteiger charge is -2.16. The Morgan fingerprint density at radius 2 is 1.97 bits per heavy atom. The predicted octanol–water partition coefficient (Wildman–Crippen LogP) is 2.95. The number of amides is 1. The molecule has 0 bridgehead atoms. The molecule has 1 aromatic carbocycles. The summed E-state index contributed by atoms with van der Waals surface area (Å²) >= 11 is 0. The summed E-state index contributed by atoms with van der Waals surface area (Å²) in [5.74, 6) is -1.59. The maximum absolute atomic E-state index is 14.1. The van der Waals surface area contributed by atoms with E-state index in [1.165, 1.54) is 19.2 Å². The molecule has 0 spiro atoms. The molecule has 158 valence electrons. The fraction of sp³-hybridized carbons (Fsp3) is 0.333. The molecule has 2 heterocycles. The summed E-state index contributed by atoms with van der Waals surface area (Å²) < 4.78 is 18.6. The summed E-state index contributed by atoms with van der Waals surface area (Å²) in [6.07, 6.45) is 2.57. The normalized spacial score (nSPS) is 11.5. The highest BCUT2D eigenvalue weighted by atomic mass is 19.1. The summed E-state index contributed by atoms with van der Waals surface area (Å²) in [7, 11) is 1.19. The van der Waals surface area contributed by atoms with E-state index in [2.05, 4.69) is 25.0 Å². The third kappa shape index (κ3) is 4.40. The van der Waals surface area contributed by atoms with Crippen LogP contribution in [0.15, 0.2) is 29.2 Å². The van der Waals surface area contributed by atoms with Crippen molar-refractivity contribution in [1.82, 2.24) is 15.0 Å². The molecule has 0 atom stereocenters. The lowest BCUT2D eigenvalue weighted by atomic mass is 9.96. The zero-order valence-electron chi connectivity index (χ0n) is 17.2. The van der Waals surface area contributed by atoms with E-state index < -0.39 is 17.2 Å². The summed E-state index contributed by atoms with van der Waals surface area (Å²) in [6.45, 7) is 5.27. The predicted molar refractivity (Wildman–Crippen MR) is 110 cm³/mol. The van der Waals surface area contributed by atoms with Gasteiger partial charge in [-0.05, 0) is 36.1 Å². The number of halogens is 1. The van der Waals surface area contributed by atoms with Crippen molar-refractivity contribution in [2.75, 3.05) is 12.4 Å². The second-order valence-corrected chi connectivity index (χ2v) is 7.96. The molecular weight excluding hydrogens is 391 g/mol. The lowest BCUT2D eigenvalue weighted by molar-refractivity contribution is -0.123. The highest BCUT2D eigenvalue weighted by molar-refractivity contribution is 5.93. The Bertz CT molecular complexity index is 1170. The number of esters is 1. The van der Waals surface area contributed by atoms with Gasteiger partial charge in [0.2, 0.25) is 11.9 Å². The SMILES string of the molecule is COC(=O)c1ccc(CCc2c[nH]c3nc(NC(=O)C(C)(C)C)[nH]c(=O)c23)cc1F. The molecule has 0 aliphatic carbocycles. The molecule has 9 heteroatoms. The lowest BCUT2D eigenvalue weighted by Crippen LogP contribution is -2.29. The maximum Gasteiger partial charge on any atom is 0.340 e. The second kappa shape index (κ2) is 8.10. The molecule has 1 amide bonds. The third-order valence-electron chi connectivity index (χ3n) is 4.66. The number of anilines is 1. The van der Waals surface area contributed by atoms with Crippen molar-refractivity contribution < 1.29 is 18.7 Å². The van der Waals surface area contributed by atoms with E-state index >= 15 is 0 Å². The van der Waals surface area contributed by atoms with Gasteiger partial charge in [0.1, 0.15) is 11.5 Å². The van der Waals surface area contributed by atoms with Gasteiger partial charge in [-0.3, -0.25) is 19.9 Å². The van der Waals surface area contributed by atoms with Gasteiger partial charge in [-0.2, -0.15) is 4.98 Å². The molecule has 0 saturated carbocycles. The number of rotatable bonds is 5. The van der Waals surface area contributed by atoms with Gasteiger partial charge in [0, 0.05) is 11.6 Å². The molecule has 8 nitrogen and oxygen atoms in total.